The third kappa shape index (κ3) is 25.9. The average molecular weight is 839 g/mol. The molecule has 1 heterocycles. The number of aliphatic carboxylic acids is 2. The lowest BCUT2D eigenvalue weighted by molar-refractivity contribution is -0.143. The summed E-state index contributed by atoms with van der Waals surface area (Å²) < 4.78 is 52.4. The van der Waals surface area contributed by atoms with Crippen LogP contribution in [0.3, 0.4) is 0 Å². The molecule has 326 valence electrons. The Morgan fingerprint density at radius 2 is 1.07 bits per heavy atom. The van der Waals surface area contributed by atoms with Gasteiger partial charge in [-0.15, -0.1) is 0 Å². The number of nitrogens with one attached hydrogen (secondary N) is 2. The fraction of sp³-hybridized carbons (Fsp3) is 0.650. The Labute approximate surface area is 341 Å². The molecule has 2 amide bonds. The molecule has 0 saturated carbocycles. The zero-order valence-electron chi connectivity index (χ0n) is 33.5. The predicted molar refractivity (Wildman–Crippen MR) is 213 cm³/mol. The number of hydrogen-bond donors (Lipinski definition) is 4. The van der Waals surface area contributed by atoms with Crippen molar-refractivity contribution in [1.82, 2.24) is 20.6 Å². The molecular weight excluding hydrogens is 777 g/mol. The van der Waals surface area contributed by atoms with Crippen LogP contribution in [0, 0.1) is 0 Å². The minimum absolute atomic E-state index is 0.0593. The van der Waals surface area contributed by atoms with Gasteiger partial charge in [-0.1, -0.05) is 70.6 Å². The van der Waals surface area contributed by atoms with E-state index in [-0.39, 0.29) is 94.6 Å². The summed E-state index contributed by atoms with van der Waals surface area (Å²) in [6.45, 7) is 1.64. The second-order valence-electron chi connectivity index (χ2n) is 13.5. The van der Waals surface area contributed by atoms with Crippen LogP contribution in [0.5, 0.6) is 5.75 Å². The van der Waals surface area contributed by atoms with Crippen LogP contribution in [0.2, 0.25) is 0 Å². The minimum atomic E-state index is -3.73. The molecule has 2 rings (SSSR count). The number of ether oxygens (including phenoxy) is 5. The summed E-state index contributed by atoms with van der Waals surface area (Å²) in [5.74, 6) is -2.29. The SMILES string of the molecule is O=C(O)CCCCCCCCCCCCCCCOc1ccc(S(=O)(=O)Cc2ncc(C(=O)NCCOCCOCC(=O)NCCOCCOCC(=O)O)cn2)cc1. The molecule has 0 aliphatic carbocycles. The Bertz CT molecular complexity index is 1540. The number of unbranched alkanes of at least 4 members (excludes halogenated alkanes) is 12. The summed E-state index contributed by atoms with van der Waals surface area (Å²) in [6.07, 6.45) is 17.5. The zero-order chi connectivity index (χ0) is 42.1. The lowest BCUT2D eigenvalue weighted by Crippen LogP contribution is -2.31. The van der Waals surface area contributed by atoms with Crippen LogP contribution in [-0.4, -0.2) is 125 Å². The van der Waals surface area contributed by atoms with E-state index in [1.807, 2.05) is 0 Å². The van der Waals surface area contributed by atoms with E-state index in [0.717, 1.165) is 38.5 Å². The van der Waals surface area contributed by atoms with Gasteiger partial charge in [0.05, 0.1) is 56.7 Å². The van der Waals surface area contributed by atoms with Crippen molar-refractivity contribution >= 4 is 33.6 Å². The topological polar surface area (TPSA) is 239 Å². The van der Waals surface area contributed by atoms with Gasteiger partial charge in [-0.3, -0.25) is 14.4 Å². The third-order valence-corrected chi connectivity index (χ3v) is 10.2. The second kappa shape index (κ2) is 31.7. The normalized spacial score (nSPS) is 11.3. The van der Waals surface area contributed by atoms with E-state index in [0.29, 0.717) is 12.4 Å². The lowest BCUT2D eigenvalue weighted by atomic mass is 10.0. The van der Waals surface area contributed by atoms with E-state index in [1.165, 1.54) is 69.5 Å². The number of aromatic nitrogens is 2. The highest BCUT2D eigenvalue weighted by molar-refractivity contribution is 7.90. The number of rotatable bonds is 37. The maximum atomic E-state index is 13.0. The summed E-state index contributed by atoms with van der Waals surface area (Å²) in [4.78, 5) is 53.3. The molecule has 1 aromatic heterocycles. The Kier molecular flexibility index (Phi) is 27.3. The molecule has 0 unspecified atom stereocenters. The van der Waals surface area contributed by atoms with Crippen molar-refractivity contribution in [1.29, 1.82) is 0 Å². The highest BCUT2D eigenvalue weighted by Crippen LogP contribution is 2.20. The highest BCUT2D eigenvalue weighted by Gasteiger charge is 2.18. The first kappa shape index (κ1) is 49.9. The number of hydrogen-bond acceptors (Lipinski definition) is 13. The summed E-state index contributed by atoms with van der Waals surface area (Å²) in [5.41, 5.74) is 0.167. The summed E-state index contributed by atoms with van der Waals surface area (Å²) >= 11 is 0. The molecule has 0 saturated heterocycles. The molecular formula is C40H62N4O13S. The van der Waals surface area contributed by atoms with E-state index in [9.17, 15) is 27.6 Å². The van der Waals surface area contributed by atoms with Crippen molar-refractivity contribution in [3.05, 3.63) is 48.0 Å². The van der Waals surface area contributed by atoms with Gasteiger partial charge in [0.25, 0.3) is 5.91 Å². The molecule has 0 aliphatic heterocycles. The van der Waals surface area contributed by atoms with Gasteiger partial charge in [0.1, 0.15) is 30.5 Å². The number of carboxylic acid groups (broad SMARTS) is 2. The molecule has 18 heteroatoms. The molecule has 0 fully saturated rings. The van der Waals surface area contributed by atoms with Crippen molar-refractivity contribution in [2.75, 3.05) is 72.6 Å². The van der Waals surface area contributed by atoms with Crippen LogP contribution in [0.4, 0.5) is 0 Å². The van der Waals surface area contributed by atoms with E-state index < -0.39 is 33.4 Å². The average Bonchev–Trinajstić information content (AvgIpc) is 3.19. The van der Waals surface area contributed by atoms with E-state index >= 15 is 0 Å². The number of benzene rings is 1. The second-order valence-corrected chi connectivity index (χ2v) is 15.5. The van der Waals surface area contributed by atoms with Gasteiger partial charge in [0.15, 0.2) is 9.84 Å². The summed E-state index contributed by atoms with van der Waals surface area (Å²) in [7, 11) is -3.73. The van der Waals surface area contributed by atoms with Gasteiger partial charge in [-0.05, 0) is 37.1 Å². The molecule has 0 spiro atoms. The molecule has 1 aromatic carbocycles. The Hall–Kier alpha value is -4.23. The number of sulfone groups is 1. The van der Waals surface area contributed by atoms with Crippen LogP contribution >= 0.6 is 0 Å². The number of amides is 2. The maximum Gasteiger partial charge on any atom is 0.329 e. The van der Waals surface area contributed by atoms with Gasteiger partial charge >= 0.3 is 11.9 Å². The molecule has 0 bridgehead atoms. The number of carboxylic acids is 2. The van der Waals surface area contributed by atoms with Crippen LogP contribution in [-0.2, 0) is 48.9 Å². The first-order valence-electron chi connectivity index (χ1n) is 20.1. The van der Waals surface area contributed by atoms with E-state index in [4.69, 9.17) is 33.9 Å². The first-order valence-corrected chi connectivity index (χ1v) is 21.8. The minimum Gasteiger partial charge on any atom is -0.494 e. The van der Waals surface area contributed by atoms with Crippen molar-refractivity contribution < 1.29 is 61.5 Å². The van der Waals surface area contributed by atoms with Crippen LogP contribution in [0.25, 0.3) is 0 Å². The third-order valence-electron chi connectivity index (χ3n) is 8.58. The summed E-state index contributed by atoms with van der Waals surface area (Å²) in [6, 6.07) is 6.29. The first-order chi connectivity index (χ1) is 28.1. The van der Waals surface area contributed by atoms with Crippen LogP contribution in [0.15, 0.2) is 41.6 Å². The van der Waals surface area contributed by atoms with Gasteiger partial charge in [-0.25, -0.2) is 23.2 Å². The van der Waals surface area contributed by atoms with Gasteiger partial charge in [0.2, 0.25) is 5.91 Å². The van der Waals surface area contributed by atoms with Gasteiger partial charge in [0, 0.05) is 31.9 Å². The van der Waals surface area contributed by atoms with Crippen molar-refractivity contribution in [3.8, 4) is 5.75 Å². The van der Waals surface area contributed by atoms with Crippen molar-refractivity contribution in [2.45, 2.75) is 101 Å². The molecule has 4 N–H and O–H groups in total. The van der Waals surface area contributed by atoms with Crippen molar-refractivity contribution in [2.24, 2.45) is 0 Å². The van der Waals surface area contributed by atoms with Crippen LogP contribution in [0.1, 0.15) is 106 Å². The fourth-order valence-electron chi connectivity index (χ4n) is 5.47. The largest absolute Gasteiger partial charge is 0.494 e. The Morgan fingerprint density at radius 3 is 1.62 bits per heavy atom. The molecule has 0 radical (unpaired) electrons. The quantitative estimate of drug-likeness (QED) is 0.0691. The van der Waals surface area contributed by atoms with Crippen LogP contribution < -0.4 is 15.4 Å². The highest BCUT2D eigenvalue weighted by atomic mass is 32.2. The number of nitrogens with zero attached hydrogens (tertiary/aromatic N) is 2. The molecule has 0 atom stereocenters. The Morgan fingerprint density at radius 1 is 0.569 bits per heavy atom. The standard InChI is InChI=1S/C40H62N4O13S/c45-37(41-19-22-53-25-27-56-31-39(48)49)30-55-26-24-54-23-20-42-40(50)33-28-43-36(44-29-33)32-58(51,52)35-17-15-34(16-18-35)57-21-13-11-9-7-5-3-1-2-4-6-8-10-12-14-38(46)47/h15-18,28-29H,1-14,19-27,30-32H2,(H,41,45)(H,42,50)(H,46,47)(H,48,49). The van der Waals surface area contributed by atoms with Gasteiger partial charge in [-0.2, -0.15) is 0 Å². The summed E-state index contributed by atoms with van der Waals surface area (Å²) in [5, 5.41) is 22.4. The smallest absolute Gasteiger partial charge is 0.329 e. The van der Waals surface area contributed by atoms with E-state index in [1.54, 1.807) is 12.1 Å². The number of carbonyl (C=O) groups is 4. The monoisotopic (exact) mass is 838 g/mol. The van der Waals surface area contributed by atoms with Crippen molar-refractivity contribution in [3.63, 3.8) is 0 Å². The molecule has 58 heavy (non-hydrogen) atoms. The fourth-order valence-corrected chi connectivity index (χ4v) is 6.68. The Balaban J connectivity index is 1.49. The molecule has 17 nitrogen and oxygen atoms in total. The van der Waals surface area contributed by atoms with Gasteiger partial charge < -0.3 is 44.5 Å². The maximum absolute atomic E-state index is 13.0. The van der Waals surface area contributed by atoms with E-state index in [2.05, 4.69) is 20.6 Å². The predicted octanol–water partition coefficient (Wildman–Crippen LogP) is 4.37. The zero-order valence-corrected chi connectivity index (χ0v) is 34.4. The lowest BCUT2D eigenvalue weighted by Gasteiger charge is -2.09. The number of carbonyl (C=O) groups excluding carboxylic acids is 2. The molecule has 2 aromatic rings. The molecule has 0 aliphatic rings.